The van der Waals surface area contributed by atoms with Crippen LogP contribution in [-0.2, 0) is 14.1 Å². The summed E-state index contributed by atoms with van der Waals surface area (Å²) in [6.07, 6.45) is 2.98. The molecule has 0 atom stereocenters. The molecule has 134 valence electrons. The number of amides is 2. The van der Waals surface area contributed by atoms with Crippen LogP contribution in [0, 0.1) is 6.92 Å². The summed E-state index contributed by atoms with van der Waals surface area (Å²) in [5.74, 6) is -0.828. The molecule has 0 fully saturated rings. The van der Waals surface area contributed by atoms with E-state index in [-0.39, 0.29) is 11.4 Å². The highest BCUT2D eigenvalue weighted by Gasteiger charge is 2.21. The molecule has 0 spiro atoms. The highest BCUT2D eigenvalue weighted by molar-refractivity contribution is 6.34. The lowest BCUT2D eigenvalue weighted by Crippen LogP contribution is -2.20. The van der Waals surface area contributed by atoms with Gasteiger partial charge in [0.1, 0.15) is 5.69 Å². The van der Waals surface area contributed by atoms with Crippen LogP contribution in [0.15, 0.2) is 36.7 Å². The van der Waals surface area contributed by atoms with Gasteiger partial charge in [0.2, 0.25) is 0 Å². The van der Waals surface area contributed by atoms with Crippen molar-refractivity contribution >= 4 is 34.8 Å². The fourth-order valence-corrected chi connectivity index (χ4v) is 2.66. The van der Waals surface area contributed by atoms with Gasteiger partial charge in [-0.2, -0.15) is 10.2 Å². The zero-order chi connectivity index (χ0) is 18.8. The molecule has 0 aliphatic carbocycles. The minimum absolute atomic E-state index is 0.216. The van der Waals surface area contributed by atoms with Gasteiger partial charge in [0.05, 0.1) is 40.0 Å². The molecule has 2 amide bonds. The Morgan fingerprint density at radius 2 is 1.58 bits per heavy atom. The van der Waals surface area contributed by atoms with Crippen molar-refractivity contribution in [3.63, 3.8) is 0 Å². The number of hydrogen-bond acceptors (Lipinski definition) is 4. The van der Waals surface area contributed by atoms with Crippen LogP contribution in [0.4, 0.5) is 11.4 Å². The molecule has 2 heterocycles. The van der Waals surface area contributed by atoms with Crippen molar-refractivity contribution in [2.75, 3.05) is 10.6 Å². The standard InChI is InChI=1S/C17H17ClN6O2/c1-10-13(8-19-23(10)2)21-17(26)15-14(9-20-24(15)3)22-16(25)11-6-4-5-7-12(11)18/h4-9H,1-3H3,(H,21,26)(H,22,25). The van der Waals surface area contributed by atoms with E-state index in [1.165, 1.54) is 10.9 Å². The molecule has 3 aromatic rings. The number of carbonyl (C=O) groups excluding carboxylic acids is 2. The van der Waals surface area contributed by atoms with E-state index in [2.05, 4.69) is 20.8 Å². The largest absolute Gasteiger partial charge is 0.319 e. The Hall–Kier alpha value is -3.13. The molecule has 1 aromatic carbocycles. The Morgan fingerprint density at radius 3 is 2.23 bits per heavy atom. The van der Waals surface area contributed by atoms with Crippen molar-refractivity contribution in [3.05, 3.63) is 58.6 Å². The number of aromatic nitrogens is 4. The monoisotopic (exact) mass is 372 g/mol. The Bertz CT molecular complexity index is 991. The molecule has 26 heavy (non-hydrogen) atoms. The molecule has 2 aromatic heterocycles. The summed E-state index contributed by atoms with van der Waals surface area (Å²) < 4.78 is 3.04. The molecule has 0 aliphatic heterocycles. The van der Waals surface area contributed by atoms with E-state index in [4.69, 9.17) is 11.6 Å². The first kappa shape index (κ1) is 17.7. The summed E-state index contributed by atoms with van der Waals surface area (Å²) in [5.41, 5.74) is 2.21. The maximum Gasteiger partial charge on any atom is 0.276 e. The van der Waals surface area contributed by atoms with Crippen molar-refractivity contribution in [1.29, 1.82) is 0 Å². The van der Waals surface area contributed by atoms with Crippen molar-refractivity contribution in [3.8, 4) is 0 Å². The second-order valence-corrected chi connectivity index (χ2v) is 6.09. The molecule has 0 radical (unpaired) electrons. The van der Waals surface area contributed by atoms with Gasteiger partial charge < -0.3 is 10.6 Å². The van der Waals surface area contributed by atoms with Crippen LogP contribution in [0.1, 0.15) is 26.5 Å². The number of nitrogens with zero attached hydrogens (tertiary/aromatic N) is 4. The van der Waals surface area contributed by atoms with Crippen LogP contribution in [0.5, 0.6) is 0 Å². The van der Waals surface area contributed by atoms with Crippen LogP contribution in [-0.4, -0.2) is 31.4 Å². The van der Waals surface area contributed by atoms with E-state index >= 15 is 0 Å². The Labute approximate surface area is 154 Å². The SMILES string of the molecule is Cc1c(NC(=O)c2c(NC(=O)c3ccccc3Cl)cnn2C)cnn1C. The molecule has 0 aliphatic rings. The number of halogens is 1. The molecule has 9 heteroatoms. The molecular formula is C17H17ClN6O2. The zero-order valence-electron chi connectivity index (χ0n) is 14.4. The lowest BCUT2D eigenvalue weighted by molar-refractivity contribution is 0.101. The fourth-order valence-electron chi connectivity index (χ4n) is 2.44. The maximum atomic E-state index is 12.7. The molecule has 3 rings (SSSR count). The van der Waals surface area contributed by atoms with Crippen LogP contribution in [0.3, 0.4) is 0 Å². The van der Waals surface area contributed by atoms with Crippen molar-refractivity contribution < 1.29 is 9.59 Å². The molecule has 0 saturated carbocycles. The molecule has 0 unspecified atom stereocenters. The predicted molar refractivity (Wildman–Crippen MR) is 98.5 cm³/mol. The van der Waals surface area contributed by atoms with Gasteiger partial charge in [-0.25, -0.2) is 0 Å². The second-order valence-electron chi connectivity index (χ2n) is 5.69. The Morgan fingerprint density at radius 1 is 0.962 bits per heavy atom. The average molecular weight is 373 g/mol. The van der Waals surface area contributed by atoms with E-state index in [0.29, 0.717) is 16.3 Å². The average Bonchev–Trinajstić information content (AvgIpc) is 3.12. The number of nitrogens with one attached hydrogen (secondary N) is 2. The van der Waals surface area contributed by atoms with Crippen LogP contribution >= 0.6 is 11.6 Å². The molecule has 8 nitrogen and oxygen atoms in total. The first-order chi connectivity index (χ1) is 12.4. The van der Waals surface area contributed by atoms with E-state index in [1.54, 1.807) is 49.2 Å². The minimum atomic E-state index is -0.421. The Balaban J connectivity index is 1.85. The lowest BCUT2D eigenvalue weighted by atomic mass is 10.2. The summed E-state index contributed by atoms with van der Waals surface area (Å²) in [6.45, 7) is 1.84. The third kappa shape index (κ3) is 3.31. The number of carbonyl (C=O) groups is 2. The van der Waals surface area contributed by atoms with Crippen LogP contribution in [0.2, 0.25) is 5.02 Å². The third-order valence-electron chi connectivity index (χ3n) is 4.00. The lowest BCUT2D eigenvalue weighted by Gasteiger charge is -2.09. The van der Waals surface area contributed by atoms with Gasteiger partial charge in [0.25, 0.3) is 11.8 Å². The number of rotatable bonds is 4. The first-order valence-corrected chi connectivity index (χ1v) is 8.14. The van der Waals surface area contributed by atoms with Crippen LogP contribution in [0.25, 0.3) is 0 Å². The van der Waals surface area contributed by atoms with Crippen molar-refractivity contribution in [1.82, 2.24) is 19.6 Å². The number of hydrogen-bond donors (Lipinski definition) is 2. The van der Waals surface area contributed by atoms with Gasteiger partial charge in [-0.15, -0.1) is 0 Å². The summed E-state index contributed by atoms with van der Waals surface area (Å²) in [5, 5.41) is 13.9. The molecule has 2 N–H and O–H groups in total. The first-order valence-electron chi connectivity index (χ1n) is 7.76. The summed E-state index contributed by atoms with van der Waals surface area (Å²) in [6, 6.07) is 6.67. The van der Waals surface area contributed by atoms with Crippen molar-refractivity contribution in [2.24, 2.45) is 14.1 Å². The van der Waals surface area contributed by atoms with E-state index < -0.39 is 11.8 Å². The van der Waals surface area contributed by atoms with E-state index in [1.807, 2.05) is 6.92 Å². The van der Waals surface area contributed by atoms with Gasteiger partial charge in [-0.05, 0) is 19.1 Å². The highest BCUT2D eigenvalue weighted by atomic mass is 35.5. The van der Waals surface area contributed by atoms with E-state index in [9.17, 15) is 9.59 Å². The van der Waals surface area contributed by atoms with Crippen LogP contribution < -0.4 is 10.6 Å². The molecular weight excluding hydrogens is 356 g/mol. The Kier molecular flexibility index (Phi) is 4.77. The molecule has 0 bridgehead atoms. The predicted octanol–water partition coefficient (Wildman–Crippen LogP) is 2.62. The van der Waals surface area contributed by atoms with Gasteiger partial charge in [-0.3, -0.25) is 19.0 Å². The van der Waals surface area contributed by atoms with Crippen molar-refractivity contribution in [2.45, 2.75) is 6.92 Å². The zero-order valence-corrected chi connectivity index (χ0v) is 15.2. The summed E-state index contributed by atoms with van der Waals surface area (Å²) in [7, 11) is 3.40. The summed E-state index contributed by atoms with van der Waals surface area (Å²) >= 11 is 6.05. The highest BCUT2D eigenvalue weighted by Crippen LogP contribution is 2.21. The minimum Gasteiger partial charge on any atom is -0.319 e. The van der Waals surface area contributed by atoms with Gasteiger partial charge in [0.15, 0.2) is 0 Å². The number of benzene rings is 1. The summed E-state index contributed by atoms with van der Waals surface area (Å²) in [4.78, 5) is 25.1. The number of anilines is 2. The quantitative estimate of drug-likeness (QED) is 0.736. The number of aryl methyl sites for hydroxylation is 2. The maximum absolute atomic E-state index is 12.7. The second kappa shape index (κ2) is 7.01. The topological polar surface area (TPSA) is 93.8 Å². The van der Waals surface area contributed by atoms with Gasteiger partial charge in [0, 0.05) is 14.1 Å². The van der Waals surface area contributed by atoms with Gasteiger partial charge >= 0.3 is 0 Å². The van der Waals surface area contributed by atoms with Gasteiger partial charge in [-0.1, -0.05) is 23.7 Å². The third-order valence-corrected chi connectivity index (χ3v) is 4.33. The normalized spacial score (nSPS) is 10.6. The molecule has 0 saturated heterocycles. The van der Waals surface area contributed by atoms with E-state index in [0.717, 1.165) is 5.69 Å². The fraction of sp³-hybridized carbons (Fsp3) is 0.176. The smallest absolute Gasteiger partial charge is 0.276 e.